The van der Waals surface area contributed by atoms with Gasteiger partial charge in [-0.1, -0.05) is 18.2 Å². The Kier molecular flexibility index (Phi) is 7.71. The molecule has 1 atom stereocenters. The lowest BCUT2D eigenvalue weighted by atomic mass is 10.2. The molecule has 128 valence electrons. The van der Waals surface area contributed by atoms with Crippen molar-refractivity contribution in [2.45, 2.75) is 19.0 Å². The lowest BCUT2D eigenvalue weighted by Crippen LogP contribution is -2.41. The molecule has 1 aromatic carbocycles. The van der Waals surface area contributed by atoms with Gasteiger partial charge in [-0.15, -0.1) is 0 Å². The van der Waals surface area contributed by atoms with Gasteiger partial charge in [-0.25, -0.2) is 0 Å². The summed E-state index contributed by atoms with van der Waals surface area (Å²) in [6.07, 6.45) is 0.538. The fourth-order valence-electron chi connectivity index (χ4n) is 2.37. The van der Waals surface area contributed by atoms with Crippen LogP contribution in [-0.2, 0) is 11.3 Å². The second kappa shape index (κ2) is 9.80. The molecule has 1 fully saturated rings. The third kappa shape index (κ3) is 6.81. The van der Waals surface area contributed by atoms with Gasteiger partial charge < -0.3 is 20.3 Å². The van der Waals surface area contributed by atoms with Crippen LogP contribution in [0, 0.1) is 0 Å². The monoisotopic (exact) mass is 337 g/mol. The minimum Gasteiger partial charge on any atom is -0.492 e. The Labute approximate surface area is 143 Å². The Bertz CT molecular complexity index is 490. The third-order valence-corrected chi connectivity index (χ3v) is 4.81. The summed E-state index contributed by atoms with van der Waals surface area (Å²) in [6, 6.07) is 8.18. The summed E-state index contributed by atoms with van der Waals surface area (Å²) in [5, 5.41) is 6.39. The lowest BCUT2D eigenvalue weighted by Gasteiger charge is -2.22. The smallest absolute Gasteiger partial charge is 0.221 e. The van der Waals surface area contributed by atoms with Crippen LogP contribution in [-0.4, -0.2) is 62.1 Å². The maximum Gasteiger partial charge on any atom is 0.221 e. The Morgan fingerprint density at radius 1 is 1.43 bits per heavy atom. The summed E-state index contributed by atoms with van der Waals surface area (Å²) in [4.78, 5) is 14.2. The molecule has 1 saturated heterocycles. The number of thioether (sulfide) groups is 1. The number of carbonyl (C=O) groups is 1. The number of ether oxygens (including phenoxy) is 1. The number of rotatable bonds is 8. The van der Waals surface area contributed by atoms with E-state index in [4.69, 9.17) is 4.74 Å². The summed E-state index contributed by atoms with van der Waals surface area (Å²) >= 11 is 1.91. The first-order chi connectivity index (χ1) is 11.1. The molecule has 1 aromatic rings. The van der Waals surface area contributed by atoms with Crippen LogP contribution >= 0.6 is 11.8 Å². The fourth-order valence-corrected chi connectivity index (χ4v) is 3.32. The van der Waals surface area contributed by atoms with Crippen molar-refractivity contribution < 1.29 is 9.53 Å². The van der Waals surface area contributed by atoms with E-state index in [1.54, 1.807) is 0 Å². The predicted octanol–water partition coefficient (Wildman–Crippen LogP) is 1.34. The standard InChI is InChI=1S/C17H27N3O2S/c1-20(2)8-9-22-16-6-4-3-5-14(16)12-19-17(21)11-15-13-23-10-7-18-15/h3-6,15,18H,7-13H2,1-2H3,(H,19,21). The van der Waals surface area contributed by atoms with Crippen LogP contribution in [0.15, 0.2) is 24.3 Å². The van der Waals surface area contributed by atoms with Crippen LogP contribution in [0.1, 0.15) is 12.0 Å². The molecular formula is C17H27N3O2S. The molecule has 0 bridgehead atoms. The minimum atomic E-state index is 0.0908. The Morgan fingerprint density at radius 3 is 3.00 bits per heavy atom. The van der Waals surface area contributed by atoms with E-state index in [-0.39, 0.29) is 5.91 Å². The molecule has 23 heavy (non-hydrogen) atoms. The topological polar surface area (TPSA) is 53.6 Å². The number of benzene rings is 1. The van der Waals surface area contributed by atoms with E-state index in [0.29, 0.717) is 25.6 Å². The number of hydrogen-bond donors (Lipinski definition) is 2. The zero-order valence-electron chi connectivity index (χ0n) is 14.0. The Balaban J connectivity index is 1.78. The van der Waals surface area contributed by atoms with Gasteiger partial charge in [0.05, 0.1) is 0 Å². The highest BCUT2D eigenvalue weighted by atomic mass is 32.2. The minimum absolute atomic E-state index is 0.0908. The lowest BCUT2D eigenvalue weighted by molar-refractivity contribution is -0.121. The molecule has 6 heteroatoms. The summed E-state index contributed by atoms with van der Waals surface area (Å²) < 4.78 is 5.82. The van der Waals surface area contributed by atoms with Gasteiger partial charge in [0.15, 0.2) is 0 Å². The van der Waals surface area contributed by atoms with Crippen molar-refractivity contribution in [3.63, 3.8) is 0 Å². The van der Waals surface area contributed by atoms with Gasteiger partial charge in [-0.3, -0.25) is 4.79 Å². The average molecular weight is 337 g/mol. The summed E-state index contributed by atoms with van der Waals surface area (Å²) in [7, 11) is 4.04. The molecule has 1 amide bonds. The zero-order chi connectivity index (χ0) is 16.5. The van der Waals surface area contributed by atoms with Crippen molar-refractivity contribution in [2.24, 2.45) is 0 Å². The highest BCUT2D eigenvalue weighted by molar-refractivity contribution is 7.99. The van der Waals surface area contributed by atoms with Crippen LogP contribution in [0.3, 0.4) is 0 Å². The normalized spacial score (nSPS) is 18.0. The molecule has 1 aliphatic heterocycles. The van der Waals surface area contributed by atoms with Crippen molar-refractivity contribution in [2.75, 3.05) is 45.3 Å². The zero-order valence-corrected chi connectivity index (χ0v) is 14.8. The molecule has 0 saturated carbocycles. The first-order valence-electron chi connectivity index (χ1n) is 8.08. The van der Waals surface area contributed by atoms with Gasteiger partial charge in [-0.2, -0.15) is 11.8 Å². The van der Waals surface area contributed by atoms with Crippen molar-refractivity contribution in [3.05, 3.63) is 29.8 Å². The third-order valence-electron chi connectivity index (χ3n) is 3.67. The van der Waals surface area contributed by atoms with E-state index in [9.17, 15) is 4.79 Å². The van der Waals surface area contributed by atoms with E-state index < -0.39 is 0 Å². The number of hydrogen-bond acceptors (Lipinski definition) is 5. The second-order valence-corrected chi connectivity index (χ2v) is 7.12. The van der Waals surface area contributed by atoms with Crippen LogP contribution in [0.4, 0.5) is 0 Å². The van der Waals surface area contributed by atoms with E-state index >= 15 is 0 Å². The molecule has 0 aromatic heterocycles. The van der Waals surface area contributed by atoms with Gasteiger partial charge in [-0.05, 0) is 20.2 Å². The highest BCUT2D eigenvalue weighted by Crippen LogP contribution is 2.18. The Morgan fingerprint density at radius 2 is 2.26 bits per heavy atom. The molecule has 1 unspecified atom stereocenters. The average Bonchev–Trinajstić information content (AvgIpc) is 2.54. The van der Waals surface area contributed by atoms with Crippen LogP contribution < -0.4 is 15.4 Å². The molecular weight excluding hydrogens is 310 g/mol. The maximum absolute atomic E-state index is 12.1. The molecule has 2 rings (SSSR count). The van der Waals surface area contributed by atoms with Gasteiger partial charge >= 0.3 is 0 Å². The van der Waals surface area contributed by atoms with Crippen LogP contribution in [0.5, 0.6) is 5.75 Å². The molecule has 0 radical (unpaired) electrons. The van der Waals surface area contributed by atoms with Crippen LogP contribution in [0.2, 0.25) is 0 Å². The van der Waals surface area contributed by atoms with Gasteiger partial charge in [0.2, 0.25) is 5.91 Å². The number of amides is 1. The van der Waals surface area contributed by atoms with E-state index in [1.807, 2.05) is 50.1 Å². The van der Waals surface area contributed by atoms with Crippen molar-refractivity contribution in [1.82, 2.24) is 15.5 Å². The Hall–Kier alpha value is -1.24. The molecule has 1 heterocycles. The first kappa shape index (κ1) is 18.1. The number of likely N-dealkylation sites (N-methyl/N-ethyl adjacent to an activating group) is 1. The van der Waals surface area contributed by atoms with Gasteiger partial charge in [0, 0.05) is 49.2 Å². The fraction of sp³-hybridized carbons (Fsp3) is 0.588. The largest absolute Gasteiger partial charge is 0.492 e. The second-order valence-electron chi connectivity index (χ2n) is 5.97. The highest BCUT2D eigenvalue weighted by Gasteiger charge is 2.16. The molecule has 1 aliphatic rings. The van der Waals surface area contributed by atoms with Crippen molar-refractivity contribution >= 4 is 17.7 Å². The van der Waals surface area contributed by atoms with Gasteiger partial charge in [0.25, 0.3) is 0 Å². The molecule has 2 N–H and O–H groups in total. The predicted molar refractivity (Wildman–Crippen MR) is 96.1 cm³/mol. The maximum atomic E-state index is 12.1. The molecule has 0 aliphatic carbocycles. The van der Waals surface area contributed by atoms with E-state index in [2.05, 4.69) is 15.5 Å². The summed E-state index contributed by atoms with van der Waals surface area (Å²) in [5.74, 6) is 3.09. The summed E-state index contributed by atoms with van der Waals surface area (Å²) in [6.45, 7) is 3.01. The molecule has 0 spiro atoms. The number of para-hydroxylation sites is 1. The number of nitrogens with one attached hydrogen (secondary N) is 2. The van der Waals surface area contributed by atoms with Gasteiger partial charge in [0.1, 0.15) is 12.4 Å². The first-order valence-corrected chi connectivity index (χ1v) is 9.24. The van der Waals surface area contributed by atoms with Crippen molar-refractivity contribution in [3.8, 4) is 5.75 Å². The number of carbonyl (C=O) groups excluding carboxylic acids is 1. The van der Waals surface area contributed by atoms with E-state index in [0.717, 1.165) is 35.9 Å². The van der Waals surface area contributed by atoms with Crippen molar-refractivity contribution in [1.29, 1.82) is 0 Å². The van der Waals surface area contributed by atoms with Crippen LogP contribution in [0.25, 0.3) is 0 Å². The molecule has 5 nitrogen and oxygen atoms in total. The van der Waals surface area contributed by atoms with E-state index in [1.165, 1.54) is 0 Å². The summed E-state index contributed by atoms with van der Waals surface area (Å²) in [5.41, 5.74) is 1.02. The quantitative estimate of drug-likeness (QED) is 0.750. The SMILES string of the molecule is CN(C)CCOc1ccccc1CNC(=O)CC1CSCCN1. The number of nitrogens with zero attached hydrogens (tertiary/aromatic N) is 1.